The maximum absolute atomic E-state index is 5.94. The molecule has 0 spiro atoms. The molecular formula is C14H18O. The lowest BCUT2D eigenvalue weighted by Crippen LogP contribution is -1.90. The van der Waals surface area contributed by atoms with E-state index in [1.54, 1.807) is 0 Å². The van der Waals surface area contributed by atoms with Gasteiger partial charge >= 0.3 is 0 Å². The Hall–Kier alpha value is -1.24. The van der Waals surface area contributed by atoms with Crippen molar-refractivity contribution >= 4 is 11.0 Å². The first-order valence-electron chi connectivity index (χ1n) is 5.66. The van der Waals surface area contributed by atoms with Gasteiger partial charge in [0.05, 0.1) is 0 Å². The second kappa shape index (κ2) is 3.73. The van der Waals surface area contributed by atoms with E-state index in [1.165, 1.54) is 16.5 Å². The van der Waals surface area contributed by atoms with E-state index in [9.17, 15) is 0 Å². The number of benzene rings is 1. The summed E-state index contributed by atoms with van der Waals surface area (Å²) in [6.07, 6.45) is 0.974. The van der Waals surface area contributed by atoms with Crippen molar-refractivity contribution in [3.63, 3.8) is 0 Å². The summed E-state index contributed by atoms with van der Waals surface area (Å²) >= 11 is 0. The average molecular weight is 202 g/mol. The number of fused-ring (bicyclic) bond motifs is 1. The molecule has 0 fully saturated rings. The van der Waals surface area contributed by atoms with Crippen LogP contribution in [0, 0.1) is 6.92 Å². The zero-order valence-corrected chi connectivity index (χ0v) is 9.92. The molecule has 2 aromatic rings. The van der Waals surface area contributed by atoms with Crippen LogP contribution in [0.5, 0.6) is 0 Å². The number of rotatable bonds is 2. The summed E-state index contributed by atoms with van der Waals surface area (Å²) in [6, 6.07) is 6.38. The Kier molecular flexibility index (Phi) is 2.56. The van der Waals surface area contributed by atoms with Gasteiger partial charge in [-0.05, 0) is 18.4 Å². The highest BCUT2D eigenvalue weighted by atomic mass is 16.3. The first kappa shape index (κ1) is 10.3. The normalized spacial score (nSPS) is 11.5. The zero-order valence-electron chi connectivity index (χ0n) is 9.92. The van der Waals surface area contributed by atoms with Gasteiger partial charge < -0.3 is 4.42 Å². The van der Waals surface area contributed by atoms with Crippen LogP contribution in [0.1, 0.15) is 43.6 Å². The van der Waals surface area contributed by atoms with Crippen molar-refractivity contribution in [1.82, 2.24) is 0 Å². The quantitative estimate of drug-likeness (QED) is 0.702. The van der Waals surface area contributed by atoms with Crippen molar-refractivity contribution in [3.8, 4) is 0 Å². The van der Waals surface area contributed by atoms with Gasteiger partial charge in [-0.1, -0.05) is 39.0 Å². The third-order valence-electron chi connectivity index (χ3n) is 2.93. The van der Waals surface area contributed by atoms with Gasteiger partial charge in [0.1, 0.15) is 11.3 Å². The number of aryl methyl sites for hydroxylation is 2. The Labute approximate surface area is 91.1 Å². The van der Waals surface area contributed by atoms with Gasteiger partial charge in [0.25, 0.3) is 0 Å². The molecule has 2 rings (SSSR count). The molecule has 0 unspecified atom stereocenters. The Morgan fingerprint density at radius 1 is 1.27 bits per heavy atom. The molecular weight excluding hydrogens is 184 g/mol. The minimum atomic E-state index is 0.531. The number of furan rings is 1. The molecule has 0 bridgehead atoms. The van der Waals surface area contributed by atoms with Crippen LogP contribution in [0.15, 0.2) is 22.6 Å². The van der Waals surface area contributed by atoms with Crippen LogP contribution in [0.4, 0.5) is 0 Å². The lowest BCUT2D eigenvalue weighted by atomic mass is 9.98. The van der Waals surface area contributed by atoms with Crippen molar-refractivity contribution in [1.29, 1.82) is 0 Å². The van der Waals surface area contributed by atoms with E-state index in [2.05, 4.69) is 45.9 Å². The Morgan fingerprint density at radius 3 is 2.60 bits per heavy atom. The van der Waals surface area contributed by atoms with Gasteiger partial charge in [-0.2, -0.15) is 0 Å². The van der Waals surface area contributed by atoms with Crippen LogP contribution < -0.4 is 0 Å². The molecule has 0 aliphatic rings. The molecule has 0 radical (unpaired) electrons. The maximum atomic E-state index is 5.94. The fraction of sp³-hybridized carbons (Fsp3) is 0.429. The molecule has 15 heavy (non-hydrogen) atoms. The first-order valence-corrected chi connectivity index (χ1v) is 5.66. The third kappa shape index (κ3) is 1.56. The molecule has 0 N–H and O–H groups in total. The lowest BCUT2D eigenvalue weighted by molar-refractivity contribution is 0.544. The first-order chi connectivity index (χ1) is 7.15. The molecule has 1 heterocycles. The van der Waals surface area contributed by atoms with Gasteiger partial charge in [0, 0.05) is 17.4 Å². The van der Waals surface area contributed by atoms with Crippen molar-refractivity contribution in [2.24, 2.45) is 0 Å². The smallest absolute Gasteiger partial charge is 0.137 e. The highest BCUT2D eigenvalue weighted by molar-refractivity contribution is 5.85. The summed E-state index contributed by atoms with van der Waals surface area (Å²) in [5.41, 5.74) is 3.68. The molecule has 1 aromatic heterocycles. The van der Waals surface area contributed by atoms with Crippen LogP contribution in [-0.4, -0.2) is 0 Å². The summed E-state index contributed by atoms with van der Waals surface area (Å²) < 4.78 is 5.94. The second-order valence-corrected chi connectivity index (χ2v) is 4.40. The highest BCUT2D eigenvalue weighted by Gasteiger charge is 2.16. The fourth-order valence-electron chi connectivity index (χ4n) is 2.22. The summed E-state index contributed by atoms with van der Waals surface area (Å²) in [7, 11) is 0. The van der Waals surface area contributed by atoms with Crippen molar-refractivity contribution in [2.75, 3.05) is 0 Å². The second-order valence-electron chi connectivity index (χ2n) is 4.40. The van der Waals surface area contributed by atoms with Crippen LogP contribution in [0.3, 0.4) is 0 Å². The predicted molar refractivity (Wildman–Crippen MR) is 64.4 cm³/mol. The molecule has 80 valence electrons. The Morgan fingerprint density at radius 2 is 2.00 bits per heavy atom. The predicted octanol–water partition coefficient (Wildman–Crippen LogP) is 4.43. The molecule has 0 saturated heterocycles. The van der Waals surface area contributed by atoms with Crippen LogP contribution in [0.25, 0.3) is 11.0 Å². The van der Waals surface area contributed by atoms with Gasteiger partial charge in [-0.25, -0.2) is 0 Å². The standard InChI is InChI=1S/C14H18O/c1-5-12-13(9(2)3)11-8-6-7-10(4)14(11)15-12/h6-9H,5H2,1-4H3. The minimum Gasteiger partial charge on any atom is -0.461 e. The van der Waals surface area contributed by atoms with Gasteiger partial charge in [0.2, 0.25) is 0 Å². The van der Waals surface area contributed by atoms with E-state index in [0.29, 0.717) is 5.92 Å². The molecule has 0 atom stereocenters. The molecule has 1 nitrogen and oxygen atoms in total. The van der Waals surface area contributed by atoms with Crippen LogP contribution in [0.2, 0.25) is 0 Å². The van der Waals surface area contributed by atoms with E-state index in [4.69, 9.17) is 4.42 Å². The minimum absolute atomic E-state index is 0.531. The van der Waals surface area contributed by atoms with E-state index in [1.807, 2.05) is 0 Å². The van der Waals surface area contributed by atoms with Gasteiger partial charge in [0.15, 0.2) is 0 Å². The number of hydrogen-bond donors (Lipinski definition) is 0. The molecule has 0 aliphatic heterocycles. The summed E-state index contributed by atoms with van der Waals surface area (Å²) in [6.45, 7) is 8.71. The highest BCUT2D eigenvalue weighted by Crippen LogP contribution is 2.33. The number of para-hydroxylation sites is 1. The molecule has 0 aliphatic carbocycles. The van der Waals surface area contributed by atoms with Crippen molar-refractivity contribution in [2.45, 2.75) is 40.0 Å². The molecule has 1 heteroatoms. The summed E-state index contributed by atoms with van der Waals surface area (Å²) in [5, 5.41) is 1.29. The lowest BCUT2D eigenvalue weighted by Gasteiger charge is -2.04. The van der Waals surface area contributed by atoms with Gasteiger partial charge in [-0.3, -0.25) is 0 Å². The molecule has 0 saturated carbocycles. The van der Waals surface area contributed by atoms with Crippen molar-refractivity contribution in [3.05, 3.63) is 35.1 Å². The fourth-order valence-corrected chi connectivity index (χ4v) is 2.22. The topological polar surface area (TPSA) is 13.1 Å². The third-order valence-corrected chi connectivity index (χ3v) is 2.93. The monoisotopic (exact) mass is 202 g/mol. The van der Waals surface area contributed by atoms with E-state index >= 15 is 0 Å². The van der Waals surface area contributed by atoms with Crippen LogP contribution >= 0.6 is 0 Å². The number of hydrogen-bond acceptors (Lipinski definition) is 1. The largest absolute Gasteiger partial charge is 0.461 e. The van der Waals surface area contributed by atoms with E-state index in [0.717, 1.165) is 17.8 Å². The Balaban J connectivity index is 2.80. The molecule has 0 amide bonds. The van der Waals surface area contributed by atoms with E-state index < -0.39 is 0 Å². The molecule has 1 aromatic carbocycles. The van der Waals surface area contributed by atoms with E-state index in [-0.39, 0.29) is 0 Å². The van der Waals surface area contributed by atoms with Crippen molar-refractivity contribution < 1.29 is 4.42 Å². The maximum Gasteiger partial charge on any atom is 0.137 e. The summed E-state index contributed by atoms with van der Waals surface area (Å²) in [4.78, 5) is 0. The SMILES string of the molecule is CCc1oc2c(C)cccc2c1C(C)C. The average Bonchev–Trinajstić information content (AvgIpc) is 2.57. The Bertz CT molecular complexity index is 477. The zero-order chi connectivity index (χ0) is 11.0. The van der Waals surface area contributed by atoms with Gasteiger partial charge in [-0.15, -0.1) is 0 Å². The summed E-state index contributed by atoms with van der Waals surface area (Å²) in [5.74, 6) is 1.68. The van der Waals surface area contributed by atoms with Crippen LogP contribution in [-0.2, 0) is 6.42 Å².